The molecule has 2 heterocycles. The van der Waals surface area contributed by atoms with Crippen LogP contribution in [0.4, 0.5) is 5.69 Å². The standard InChI is InChI=1S/C18H21N5O2S2/c1-3-4-8-23-17(25)21-22-18(23)27-11-16(24)20-14-7-5-6-13(9-14)15-10-26-12(2)19-15/h5-7,9-10H,3-4,8,11H2,1-2H3,(H,20,24)(H,21,25). The predicted octanol–water partition coefficient (Wildman–Crippen LogP) is 3.53. The topological polar surface area (TPSA) is 92.7 Å². The van der Waals surface area contributed by atoms with Crippen molar-refractivity contribution in [2.75, 3.05) is 11.1 Å². The van der Waals surface area contributed by atoms with Gasteiger partial charge in [-0.1, -0.05) is 37.2 Å². The molecule has 142 valence electrons. The average molecular weight is 404 g/mol. The summed E-state index contributed by atoms with van der Waals surface area (Å²) in [5.41, 5.74) is 2.34. The fourth-order valence-corrected chi connectivity index (χ4v) is 3.90. The van der Waals surface area contributed by atoms with E-state index in [2.05, 4.69) is 27.4 Å². The van der Waals surface area contributed by atoms with Crippen LogP contribution < -0.4 is 11.0 Å². The first-order valence-corrected chi connectivity index (χ1v) is 10.5. The van der Waals surface area contributed by atoms with Crippen molar-refractivity contribution < 1.29 is 4.79 Å². The molecule has 9 heteroatoms. The van der Waals surface area contributed by atoms with E-state index in [0.717, 1.165) is 29.1 Å². The minimum atomic E-state index is -0.238. The summed E-state index contributed by atoms with van der Waals surface area (Å²) < 4.78 is 1.58. The number of aromatic nitrogens is 4. The Balaban J connectivity index is 1.61. The molecule has 1 amide bonds. The fourth-order valence-electron chi connectivity index (χ4n) is 2.51. The van der Waals surface area contributed by atoms with Crippen molar-refractivity contribution in [3.8, 4) is 11.3 Å². The highest BCUT2D eigenvalue weighted by atomic mass is 32.2. The summed E-state index contributed by atoms with van der Waals surface area (Å²) >= 11 is 2.84. The molecule has 0 unspecified atom stereocenters. The number of hydrogen-bond acceptors (Lipinski definition) is 6. The summed E-state index contributed by atoms with van der Waals surface area (Å²) in [6, 6.07) is 7.61. The third kappa shape index (κ3) is 5.08. The number of benzene rings is 1. The summed E-state index contributed by atoms with van der Waals surface area (Å²) in [7, 11) is 0. The van der Waals surface area contributed by atoms with Crippen molar-refractivity contribution in [2.24, 2.45) is 0 Å². The number of nitrogens with one attached hydrogen (secondary N) is 2. The van der Waals surface area contributed by atoms with E-state index < -0.39 is 0 Å². The number of unbranched alkanes of at least 4 members (excludes halogenated alkanes) is 1. The van der Waals surface area contributed by atoms with E-state index >= 15 is 0 Å². The van der Waals surface area contributed by atoms with E-state index in [4.69, 9.17) is 0 Å². The largest absolute Gasteiger partial charge is 0.343 e. The van der Waals surface area contributed by atoms with Gasteiger partial charge in [-0.05, 0) is 25.5 Å². The molecule has 0 aliphatic carbocycles. The lowest BCUT2D eigenvalue weighted by Gasteiger charge is -2.07. The van der Waals surface area contributed by atoms with Crippen LogP contribution in [0.3, 0.4) is 0 Å². The Bertz CT molecular complexity index is 976. The molecular formula is C18H21N5O2S2. The number of amides is 1. The Morgan fingerprint density at radius 1 is 1.41 bits per heavy atom. The molecule has 0 aliphatic rings. The minimum absolute atomic E-state index is 0.149. The van der Waals surface area contributed by atoms with Crippen LogP contribution >= 0.6 is 23.1 Å². The van der Waals surface area contributed by atoms with Crippen LogP contribution in [0, 0.1) is 6.92 Å². The van der Waals surface area contributed by atoms with Crippen LogP contribution in [0.25, 0.3) is 11.3 Å². The van der Waals surface area contributed by atoms with Gasteiger partial charge in [0.05, 0.1) is 16.5 Å². The van der Waals surface area contributed by atoms with Crippen LogP contribution in [0.1, 0.15) is 24.8 Å². The second-order valence-electron chi connectivity index (χ2n) is 5.99. The summed E-state index contributed by atoms with van der Waals surface area (Å²) in [6.07, 6.45) is 1.87. The maximum absolute atomic E-state index is 12.3. The Kier molecular flexibility index (Phi) is 6.46. The molecule has 0 spiro atoms. The molecule has 2 N–H and O–H groups in total. The zero-order chi connectivity index (χ0) is 19.2. The molecule has 0 radical (unpaired) electrons. The molecule has 27 heavy (non-hydrogen) atoms. The summed E-state index contributed by atoms with van der Waals surface area (Å²) in [5, 5.41) is 12.9. The van der Waals surface area contributed by atoms with E-state index in [-0.39, 0.29) is 17.3 Å². The number of anilines is 1. The van der Waals surface area contributed by atoms with Crippen molar-refractivity contribution in [3.05, 3.63) is 45.1 Å². The van der Waals surface area contributed by atoms with Crippen molar-refractivity contribution in [2.45, 2.75) is 38.4 Å². The van der Waals surface area contributed by atoms with E-state index in [9.17, 15) is 9.59 Å². The lowest BCUT2D eigenvalue weighted by Crippen LogP contribution is -2.19. The highest BCUT2D eigenvalue weighted by Gasteiger charge is 2.12. The Labute approximate surface area is 165 Å². The van der Waals surface area contributed by atoms with Crippen molar-refractivity contribution in [1.29, 1.82) is 0 Å². The number of hydrogen-bond donors (Lipinski definition) is 2. The lowest BCUT2D eigenvalue weighted by molar-refractivity contribution is -0.113. The fraction of sp³-hybridized carbons (Fsp3) is 0.333. The number of H-pyrrole nitrogens is 1. The van der Waals surface area contributed by atoms with Crippen LogP contribution in [0.15, 0.2) is 39.6 Å². The van der Waals surface area contributed by atoms with Gasteiger partial charge in [0.1, 0.15) is 0 Å². The van der Waals surface area contributed by atoms with Crippen LogP contribution in [-0.2, 0) is 11.3 Å². The van der Waals surface area contributed by atoms with Crippen molar-refractivity contribution in [1.82, 2.24) is 19.7 Å². The van der Waals surface area contributed by atoms with Gasteiger partial charge in [0.2, 0.25) is 5.91 Å². The minimum Gasteiger partial charge on any atom is -0.325 e. The molecular weight excluding hydrogens is 382 g/mol. The monoisotopic (exact) mass is 403 g/mol. The maximum atomic E-state index is 12.3. The third-order valence-electron chi connectivity index (χ3n) is 3.85. The predicted molar refractivity (Wildman–Crippen MR) is 109 cm³/mol. The van der Waals surface area contributed by atoms with E-state index in [0.29, 0.717) is 17.4 Å². The highest BCUT2D eigenvalue weighted by Crippen LogP contribution is 2.24. The summed E-state index contributed by atoms with van der Waals surface area (Å²) in [6.45, 7) is 4.63. The molecule has 2 aromatic heterocycles. The smallest absolute Gasteiger partial charge is 0.325 e. The van der Waals surface area contributed by atoms with Gasteiger partial charge in [0, 0.05) is 23.2 Å². The molecule has 0 bridgehead atoms. The Morgan fingerprint density at radius 3 is 3.00 bits per heavy atom. The number of aryl methyl sites for hydroxylation is 1. The average Bonchev–Trinajstić information content (AvgIpc) is 3.24. The second-order valence-corrected chi connectivity index (χ2v) is 7.99. The lowest BCUT2D eigenvalue weighted by atomic mass is 10.1. The molecule has 7 nitrogen and oxygen atoms in total. The van der Waals surface area contributed by atoms with Gasteiger partial charge in [0.25, 0.3) is 0 Å². The first kappa shape index (κ1) is 19.4. The molecule has 3 aromatic rings. The number of nitrogens with zero attached hydrogens (tertiary/aromatic N) is 3. The molecule has 3 rings (SSSR count). The third-order valence-corrected chi connectivity index (χ3v) is 5.60. The molecule has 0 saturated carbocycles. The zero-order valence-electron chi connectivity index (χ0n) is 15.2. The van der Waals surface area contributed by atoms with Crippen LogP contribution in [0.5, 0.6) is 0 Å². The van der Waals surface area contributed by atoms with Gasteiger partial charge in [-0.3, -0.25) is 9.36 Å². The Morgan fingerprint density at radius 2 is 2.26 bits per heavy atom. The van der Waals surface area contributed by atoms with E-state index in [1.54, 1.807) is 15.9 Å². The van der Waals surface area contributed by atoms with Gasteiger partial charge in [-0.2, -0.15) is 0 Å². The number of rotatable bonds is 8. The Hall–Kier alpha value is -2.39. The molecule has 0 saturated heterocycles. The molecule has 1 aromatic carbocycles. The van der Waals surface area contributed by atoms with Crippen molar-refractivity contribution >= 4 is 34.7 Å². The number of carbonyl (C=O) groups excluding carboxylic acids is 1. The van der Waals surface area contributed by atoms with Crippen molar-refractivity contribution in [3.63, 3.8) is 0 Å². The first-order valence-electron chi connectivity index (χ1n) is 8.67. The van der Waals surface area contributed by atoms with Crippen LogP contribution in [0.2, 0.25) is 0 Å². The zero-order valence-corrected chi connectivity index (χ0v) is 16.8. The number of carbonyl (C=O) groups is 1. The van der Waals surface area contributed by atoms with Gasteiger partial charge in [-0.15, -0.1) is 16.4 Å². The van der Waals surface area contributed by atoms with Gasteiger partial charge in [-0.25, -0.2) is 14.9 Å². The first-order chi connectivity index (χ1) is 13.1. The maximum Gasteiger partial charge on any atom is 0.343 e. The van der Waals surface area contributed by atoms with E-state index in [1.165, 1.54) is 11.8 Å². The van der Waals surface area contributed by atoms with Gasteiger partial charge >= 0.3 is 5.69 Å². The van der Waals surface area contributed by atoms with Gasteiger partial charge in [0.15, 0.2) is 5.16 Å². The molecule has 0 fully saturated rings. The summed E-state index contributed by atoms with van der Waals surface area (Å²) in [4.78, 5) is 28.6. The number of thiazole rings is 1. The highest BCUT2D eigenvalue weighted by molar-refractivity contribution is 7.99. The second kappa shape index (κ2) is 9.01. The van der Waals surface area contributed by atoms with Gasteiger partial charge < -0.3 is 5.32 Å². The molecule has 0 aliphatic heterocycles. The number of aromatic amines is 1. The quantitative estimate of drug-likeness (QED) is 0.561. The SMILES string of the molecule is CCCCn1c(SCC(=O)Nc2cccc(-c3csc(C)n3)c2)n[nH]c1=O. The molecule has 0 atom stereocenters. The normalized spacial score (nSPS) is 10.9. The summed E-state index contributed by atoms with van der Waals surface area (Å²) in [5.74, 6) is 0.0281. The number of thioether (sulfide) groups is 1. The van der Waals surface area contributed by atoms with Crippen LogP contribution in [-0.4, -0.2) is 31.4 Å². The van der Waals surface area contributed by atoms with E-state index in [1.807, 2.05) is 36.6 Å².